The summed E-state index contributed by atoms with van der Waals surface area (Å²) >= 11 is 6.00. The van der Waals surface area contributed by atoms with Gasteiger partial charge in [-0.1, -0.05) is 41.9 Å². The number of amides is 1. The molecule has 2 aromatic carbocycles. The summed E-state index contributed by atoms with van der Waals surface area (Å²) in [6.07, 6.45) is 0.480. The van der Waals surface area contributed by atoms with Gasteiger partial charge in [0, 0.05) is 36.8 Å². The number of fused-ring (bicyclic) bond motifs is 1. The maximum absolute atomic E-state index is 12.1. The van der Waals surface area contributed by atoms with E-state index in [9.17, 15) is 4.79 Å². The molecule has 0 spiro atoms. The second kappa shape index (κ2) is 5.88. The molecule has 1 aliphatic heterocycles. The van der Waals surface area contributed by atoms with E-state index in [-0.39, 0.29) is 11.9 Å². The summed E-state index contributed by atoms with van der Waals surface area (Å²) in [4.78, 5) is 13.8. The van der Waals surface area contributed by atoms with Gasteiger partial charge in [-0.2, -0.15) is 0 Å². The molecule has 3 rings (SSSR count). The van der Waals surface area contributed by atoms with Crippen molar-refractivity contribution in [2.24, 2.45) is 0 Å². The van der Waals surface area contributed by atoms with E-state index in [4.69, 9.17) is 11.6 Å². The fourth-order valence-electron chi connectivity index (χ4n) is 2.71. The van der Waals surface area contributed by atoms with Gasteiger partial charge in [-0.05, 0) is 29.3 Å². The molecule has 0 bridgehead atoms. The van der Waals surface area contributed by atoms with E-state index in [2.05, 4.69) is 11.4 Å². The summed E-state index contributed by atoms with van der Waals surface area (Å²) in [5, 5.41) is 4.20. The third-order valence-corrected chi connectivity index (χ3v) is 4.10. The fourth-order valence-corrected chi connectivity index (χ4v) is 2.93. The van der Waals surface area contributed by atoms with Crippen molar-refractivity contribution in [3.63, 3.8) is 0 Å². The van der Waals surface area contributed by atoms with Gasteiger partial charge in [-0.15, -0.1) is 0 Å². The third-order valence-electron chi connectivity index (χ3n) is 3.87. The lowest BCUT2D eigenvalue weighted by Crippen LogP contribution is -2.37. The predicted octanol–water partition coefficient (Wildman–Crippen LogP) is 3.54. The largest absolute Gasteiger partial charge is 0.315 e. The third kappa shape index (κ3) is 2.94. The zero-order valence-corrected chi connectivity index (χ0v) is 12.6. The molecule has 1 N–H and O–H groups in total. The van der Waals surface area contributed by atoms with Gasteiger partial charge in [0.2, 0.25) is 5.91 Å². The zero-order valence-electron chi connectivity index (χ0n) is 11.8. The average molecular weight is 301 g/mol. The maximum atomic E-state index is 12.1. The van der Waals surface area contributed by atoms with Gasteiger partial charge in [0.05, 0.1) is 0 Å². The molecule has 0 saturated carbocycles. The molecule has 1 atom stereocenters. The molecule has 0 radical (unpaired) electrons. The SMILES string of the molecule is CN1C(=O)CC(NCc2cccc(Cl)c2)c2ccccc21. The number of nitrogens with one attached hydrogen (secondary N) is 1. The Labute approximate surface area is 129 Å². The number of hydrogen-bond acceptors (Lipinski definition) is 2. The van der Waals surface area contributed by atoms with Crippen molar-refractivity contribution < 1.29 is 4.79 Å². The molecule has 3 nitrogen and oxygen atoms in total. The molecular formula is C17H17ClN2O. The minimum absolute atomic E-state index is 0.0453. The van der Waals surface area contributed by atoms with Crippen molar-refractivity contribution in [1.82, 2.24) is 5.32 Å². The Morgan fingerprint density at radius 3 is 2.86 bits per heavy atom. The fraction of sp³-hybridized carbons (Fsp3) is 0.235. The molecule has 1 unspecified atom stereocenters. The van der Waals surface area contributed by atoms with Crippen molar-refractivity contribution in [1.29, 1.82) is 0 Å². The number of carbonyl (C=O) groups is 1. The molecule has 0 saturated heterocycles. The first-order chi connectivity index (χ1) is 10.1. The van der Waals surface area contributed by atoms with Gasteiger partial charge in [0.1, 0.15) is 0 Å². The van der Waals surface area contributed by atoms with Crippen LogP contribution in [0, 0.1) is 0 Å². The van der Waals surface area contributed by atoms with Crippen LogP contribution in [0.15, 0.2) is 48.5 Å². The Balaban J connectivity index is 1.80. The summed E-state index contributed by atoms with van der Waals surface area (Å²) in [7, 11) is 1.83. The van der Waals surface area contributed by atoms with Gasteiger partial charge in [0.15, 0.2) is 0 Å². The Kier molecular flexibility index (Phi) is 3.95. The second-order valence-corrected chi connectivity index (χ2v) is 5.72. The van der Waals surface area contributed by atoms with Crippen molar-refractivity contribution >= 4 is 23.2 Å². The summed E-state index contributed by atoms with van der Waals surface area (Å²) < 4.78 is 0. The zero-order chi connectivity index (χ0) is 14.8. The Morgan fingerprint density at radius 1 is 1.24 bits per heavy atom. The van der Waals surface area contributed by atoms with Crippen LogP contribution in [0.1, 0.15) is 23.6 Å². The monoisotopic (exact) mass is 300 g/mol. The Hall–Kier alpha value is -1.84. The number of benzene rings is 2. The van der Waals surface area contributed by atoms with Crippen LogP contribution in [0.3, 0.4) is 0 Å². The van der Waals surface area contributed by atoms with E-state index in [1.165, 1.54) is 5.56 Å². The summed E-state index contributed by atoms with van der Waals surface area (Å²) in [5.41, 5.74) is 3.27. The molecule has 108 valence electrons. The standard InChI is InChI=1S/C17H17ClN2O/c1-20-16-8-3-2-7-14(16)15(10-17(20)21)19-11-12-5-4-6-13(18)9-12/h2-9,15,19H,10-11H2,1H3. The number of nitrogens with zero attached hydrogens (tertiary/aromatic N) is 1. The lowest BCUT2D eigenvalue weighted by Gasteiger charge is -2.32. The lowest BCUT2D eigenvalue weighted by molar-refractivity contribution is -0.119. The number of rotatable bonds is 3. The Morgan fingerprint density at radius 2 is 2.05 bits per heavy atom. The second-order valence-electron chi connectivity index (χ2n) is 5.28. The minimum atomic E-state index is 0.0453. The smallest absolute Gasteiger partial charge is 0.228 e. The summed E-state index contributed by atoms with van der Waals surface area (Å²) in [5.74, 6) is 0.136. The minimum Gasteiger partial charge on any atom is -0.315 e. The number of hydrogen-bond donors (Lipinski definition) is 1. The van der Waals surface area contributed by atoms with E-state index < -0.39 is 0 Å². The van der Waals surface area contributed by atoms with Crippen LogP contribution in [-0.4, -0.2) is 13.0 Å². The van der Waals surface area contributed by atoms with Crippen molar-refractivity contribution in [2.75, 3.05) is 11.9 Å². The molecule has 21 heavy (non-hydrogen) atoms. The van der Waals surface area contributed by atoms with Crippen LogP contribution in [-0.2, 0) is 11.3 Å². The van der Waals surface area contributed by atoms with E-state index in [1.807, 2.05) is 49.5 Å². The van der Waals surface area contributed by atoms with Crippen LogP contribution in [0.2, 0.25) is 5.02 Å². The van der Waals surface area contributed by atoms with Crippen LogP contribution in [0.4, 0.5) is 5.69 Å². The van der Waals surface area contributed by atoms with E-state index in [0.717, 1.165) is 16.3 Å². The number of para-hydroxylation sites is 1. The molecule has 2 aromatic rings. The van der Waals surface area contributed by atoms with E-state index >= 15 is 0 Å². The molecule has 0 fully saturated rings. The van der Waals surface area contributed by atoms with Crippen LogP contribution >= 0.6 is 11.6 Å². The van der Waals surface area contributed by atoms with Crippen LogP contribution < -0.4 is 10.2 Å². The molecule has 0 aliphatic carbocycles. The molecular weight excluding hydrogens is 284 g/mol. The van der Waals surface area contributed by atoms with Gasteiger partial charge in [-0.25, -0.2) is 0 Å². The van der Waals surface area contributed by atoms with Gasteiger partial charge >= 0.3 is 0 Å². The predicted molar refractivity (Wildman–Crippen MR) is 85.5 cm³/mol. The average Bonchev–Trinajstić information content (AvgIpc) is 2.50. The Bertz CT molecular complexity index is 671. The normalized spacial score (nSPS) is 17.7. The number of carbonyl (C=O) groups excluding carboxylic acids is 1. The first-order valence-electron chi connectivity index (χ1n) is 6.98. The first kappa shape index (κ1) is 14.1. The molecule has 4 heteroatoms. The van der Waals surface area contributed by atoms with Crippen molar-refractivity contribution in [2.45, 2.75) is 19.0 Å². The number of halogens is 1. The van der Waals surface area contributed by atoms with Crippen LogP contribution in [0.5, 0.6) is 0 Å². The summed E-state index contributed by atoms with van der Waals surface area (Å²) in [6.45, 7) is 0.691. The maximum Gasteiger partial charge on any atom is 0.228 e. The topological polar surface area (TPSA) is 32.3 Å². The number of anilines is 1. The quantitative estimate of drug-likeness (QED) is 0.940. The van der Waals surface area contributed by atoms with Crippen molar-refractivity contribution in [3.05, 3.63) is 64.7 Å². The van der Waals surface area contributed by atoms with Gasteiger partial charge in [0.25, 0.3) is 0 Å². The highest BCUT2D eigenvalue weighted by Crippen LogP contribution is 2.33. The first-order valence-corrected chi connectivity index (χ1v) is 7.36. The molecule has 0 aromatic heterocycles. The highest BCUT2D eigenvalue weighted by atomic mass is 35.5. The lowest BCUT2D eigenvalue weighted by atomic mass is 9.96. The van der Waals surface area contributed by atoms with Gasteiger partial charge < -0.3 is 10.2 Å². The van der Waals surface area contributed by atoms with E-state index in [0.29, 0.717) is 13.0 Å². The highest BCUT2D eigenvalue weighted by molar-refractivity contribution is 6.30. The van der Waals surface area contributed by atoms with E-state index in [1.54, 1.807) is 4.90 Å². The van der Waals surface area contributed by atoms with Crippen LogP contribution in [0.25, 0.3) is 0 Å². The highest BCUT2D eigenvalue weighted by Gasteiger charge is 2.28. The molecule has 1 aliphatic rings. The summed E-state index contributed by atoms with van der Waals surface area (Å²) in [6, 6.07) is 15.8. The van der Waals surface area contributed by atoms with Crippen molar-refractivity contribution in [3.8, 4) is 0 Å². The van der Waals surface area contributed by atoms with Gasteiger partial charge in [-0.3, -0.25) is 4.79 Å². The molecule has 1 amide bonds. The molecule has 1 heterocycles.